The SMILES string of the molecule is CC(C)Cn1cnc(S(=O)(=O)N=S2(=O)CCOCC2)c1. The van der Waals surface area contributed by atoms with Gasteiger partial charge in [-0.25, -0.2) is 9.19 Å². The molecule has 20 heavy (non-hydrogen) atoms. The van der Waals surface area contributed by atoms with E-state index in [9.17, 15) is 12.6 Å². The van der Waals surface area contributed by atoms with Gasteiger partial charge in [-0.2, -0.15) is 8.42 Å². The Morgan fingerprint density at radius 1 is 1.45 bits per heavy atom. The molecule has 9 heteroatoms. The zero-order valence-corrected chi connectivity index (χ0v) is 13.2. The molecule has 0 unspecified atom stereocenters. The smallest absolute Gasteiger partial charge is 0.309 e. The monoisotopic (exact) mass is 321 g/mol. The van der Waals surface area contributed by atoms with Crippen LogP contribution in [0.5, 0.6) is 0 Å². The molecule has 1 fully saturated rings. The molecule has 2 heterocycles. The zero-order valence-electron chi connectivity index (χ0n) is 11.6. The highest BCUT2D eigenvalue weighted by Crippen LogP contribution is 2.15. The maximum atomic E-state index is 12.3. The van der Waals surface area contributed by atoms with E-state index in [0.717, 1.165) is 0 Å². The van der Waals surface area contributed by atoms with Gasteiger partial charge in [0.1, 0.15) is 0 Å². The van der Waals surface area contributed by atoms with Crippen molar-refractivity contribution >= 4 is 19.8 Å². The van der Waals surface area contributed by atoms with Crippen LogP contribution < -0.4 is 0 Å². The van der Waals surface area contributed by atoms with Gasteiger partial charge in [0.25, 0.3) is 0 Å². The summed E-state index contributed by atoms with van der Waals surface area (Å²) in [6.07, 6.45) is 2.89. The van der Waals surface area contributed by atoms with Crippen LogP contribution in [-0.4, -0.2) is 46.9 Å². The average Bonchev–Trinajstić information content (AvgIpc) is 2.77. The molecule has 1 aromatic heterocycles. The van der Waals surface area contributed by atoms with Gasteiger partial charge in [-0.05, 0) is 5.92 Å². The molecule has 0 aromatic carbocycles. The van der Waals surface area contributed by atoms with Crippen molar-refractivity contribution in [2.75, 3.05) is 24.7 Å². The predicted molar refractivity (Wildman–Crippen MR) is 75.4 cm³/mol. The molecule has 0 aliphatic carbocycles. The maximum absolute atomic E-state index is 12.3. The fraction of sp³-hybridized carbons (Fsp3) is 0.727. The van der Waals surface area contributed by atoms with Crippen molar-refractivity contribution in [2.45, 2.75) is 25.4 Å². The van der Waals surface area contributed by atoms with E-state index < -0.39 is 19.8 Å². The Bertz CT molecular complexity index is 672. The quantitative estimate of drug-likeness (QED) is 0.815. The molecule has 1 aromatic rings. The van der Waals surface area contributed by atoms with E-state index >= 15 is 0 Å². The minimum Gasteiger partial charge on any atom is -0.379 e. The van der Waals surface area contributed by atoms with E-state index in [4.69, 9.17) is 4.74 Å². The van der Waals surface area contributed by atoms with Crippen LogP contribution in [0.25, 0.3) is 0 Å². The Labute approximate surface area is 119 Å². The van der Waals surface area contributed by atoms with Crippen LogP contribution in [0.4, 0.5) is 0 Å². The van der Waals surface area contributed by atoms with Crippen molar-refractivity contribution in [2.24, 2.45) is 9.69 Å². The summed E-state index contributed by atoms with van der Waals surface area (Å²) in [5, 5.41) is -0.146. The second-order valence-corrected chi connectivity index (χ2v) is 9.47. The molecule has 114 valence electrons. The van der Waals surface area contributed by atoms with Gasteiger partial charge in [0, 0.05) is 12.7 Å². The predicted octanol–water partition coefficient (Wildman–Crippen LogP) is 0.726. The summed E-state index contributed by atoms with van der Waals surface area (Å²) < 4.78 is 47.0. The molecule has 0 N–H and O–H groups in total. The minimum atomic E-state index is -3.97. The Kier molecular flexibility index (Phi) is 4.50. The number of nitrogens with zero attached hydrogens (tertiary/aromatic N) is 3. The molecule has 2 rings (SSSR count). The van der Waals surface area contributed by atoms with Gasteiger partial charge in [0.2, 0.25) is 0 Å². The number of imidazole rings is 1. The van der Waals surface area contributed by atoms with Gasteiger partial charge in [-0.15, -0.1) is 3.77 Å². The number of rotatable bonds is 4. The van der Waals surface area contributed by atoms with Crippen LogP contribution in [0.1, 0.15) is 13.8 Å². The molecule has 1 saturated heterocycles. The molecule has 7 nitrogen and oxygen atoms in total. The largest absolute Gasteiger partial charge is 0.379 e. The van der Waals surface area contributed by atoms with E-state index in [-0.39, 0.29) is 29.7 Å². The van der Waals surface area contributed by atoms with Crippen LogP contribution in [0.15, 0.2) is 21.3 Å². The van der Waals surface area contributed by atoms with E-state index in [1.807, 2.05) is 13.8 Å². The lowest BCUT2D eigenvalue weighted by atomic mass is 10.2. The zero-order chi connectivity index (χ0) is 14.8. The molecular weight excluding hydrogens is 302 g/mol. The lowest BCUT2D eigenvalue weighted by Gasteiger charge is -2.15. The van der Waals surface area contributed by atoms with Crippen LogP contribution >= 0.6 is 0 Å². The van der Waals surface area contributed by atoms with Crippen molar-refractivity contribution < 1.29 is 17.4 Å². The molecule has 0 bridgehead atoms. The number of hydrogen-bond acceptors (Lipinski definition) is 5. The van der Waals surface area contributed by atoms with Crippen molar-refractivity contribution in [3.63, 3.8) is 0 Å². The van der Waals surface area contributed by atoms with Gasteiger partial charge in [0.05, 0.1) is 40.8 Å². The standard InChI is InChI=1S/C11H19N3O4S2/c1-10(2)7-14-8-11(12-9-14)20(16,17)13-19(15)5-3-18-4-6-19/h8-10H,3-7H2,1-2H3. The Morgan fingerprint density at radius 2 is 2.10 bits per heavy atom. The van der Waals surface area contributed by atoms with E-state index in [1.54, 1.807) is 4.57 Å². The summed E-state index contributed by atoms with van der Waals surface area (Å²) in [7, 11) is -6.72. The topological polar surface area (TPSA) is 90.6 Å². The normalized spacial score (nSPS) is 19.1. The number of aromatic nitrogens is 2. The highest BCUT2D eigenvalue weighted by atomic mass is 32.3. The number of hydrogen-bond donors (Lipinski definition) is 0. The van der Waals surface area contributed by atoms with Crippen LogP contribution in [0.3, 0.4) is 0 Å². The molecule has 0 atom stereocenters. The van der Waals surface area contributed by atoms with E-state index in [0.29, 0.717) is 12.5 Å². The Hall–Kier alpha value is -0.930. The van der Waals surface area contributed by atoms with Gasteiger partial charge in [-0.1, -0.05) is 13.8 Å². The third-order valence-electron chi connectivity index (χ3n) is 2.78. The molecule has 1 aliphatic heterocycles. The van der Waals surface area contributed by atoms with Crippen LogP contribution in [0.2, 0.25) is 0 Å². The Morgan fingerprint density at radius 3 is 2.70 bits per heavy atom. The molecule has 0 amide bonds. The van der Waals surface area contributed by atoms with Gasteiger partial charge >= 0.3 is 10.0 Å². The molecule has 0 spiro atoms. The first-order chi connectivity index (χ1) is 9.31. The van der Waals surface area contributed by atoms with Gasteiger partial charge in [0.15, 0.2) is 5.03 Å². The third kappa shape index (κ3) is 3.80. The Balaban J connectivity index is 2.28. The van der Waals surface area contributed by atoms with Crippen molar-refractivity contribution in [1.29, 1.82) is 0 Å². The lowest BCUT2D eigenvalue weighted by molar-refractivity contribution is 0.158. The highest BCUT2D eigenvalue weighted by molar-refractivity contribution is 8.03. The van der Waals surface area contributed by atoms with Gasteiger partial charge < -0.3 is 9.30 Å². The molecule has 0 saturated carbocycles. The molecule has 0 radical (unpaired) electrons. The summed E-state index contributed by atoms with van der Waals surface area (Å²) in [5.41, 5.74) is 0. The van der Waals surface area contributed by atoms with Crippen LogP contribution in [-0.2, 0) is 31.0 Å². The van der Waals surface area contributed by atoms with Crippen molar-refractivity contribution in [3.8, 4) is 0 Å². The number of sulfonamides is 1. The first-order valence-electron chi connectivity index (χ1n) is 6.39. The lowest BCUT2D eigenvalue weighted by Crippen LogP contribution is -2.26. The maximum Gasteiger partial charge on any atom is 0.309 e. The summed E-state index contributed by atoms with van der Waals surface area (Å²) in [5.74, 6) is 0.682. The number of ether oxygens (including phenoxy) is 1. The first-order valence-corrected chi connectivity index (χ1v) is 9.68. The first kappa shape index (κ1) is 15.5. The third-order valence-corrected chi connectivity index (χ3v) is 7.00. The van der Waals surface area contributed by atoms with E-state index in [1.165, 1.54) is 12.5 Å². The summed E-state index contributed by atoms with van der Waals surface area (Å²) >= 11 is 0. The van der Waals surface area contributed by atoms with Crippen LogP contribution in [0, 0.1) is 5.92 Å². The summed E-state index contributed by atoms with van der Waals surface area (Å²) in [6.45, 7) is 5.28. The van der Waals surface area contributed by atoms with Gasteiger partial charge in [-0.3, -0.25) is 0 Å². The minimum absolute atomic E-state index is 0.146. The summed E-state index contributed by atoms with van der Waals surface area (Å²) in [6, 6.07) is 0. The molecular formula is C11H19N3O4S2. The fourth-order valence-corrected chi connectivity index (χ4v) is 5.61. The summed E-state index contributed by atoms with van der Waals surface area (Å²) in [4.78, 5) is 3.86. The van der Waals surface area contributed by atoms with E-state index in [2.05, 4.69) is 8.75 Å². The second-order valence-electron chi connectivity index (χ2n) is 5.15. The van der Waals surface area contributed by atoms with Crippen molar-refractivity contribution in [3.05, 3.63) is 12.5 Å². The second kappa shape index (κ2) is 5.82. The fourth-order valence-electron chi connectivity index (χ4n) is 1.87. The average molecular weight is 321 g/mol. The van der Waals surface area contributed by atoms with Crippen molar-refractivity contribution in [1.82, 2.24) is 9.55 Å². The molecule has 1 aliphatic rings. The highest BCUT2D eigenvalue weighted by Gasteiger charge is 2.23.